The molecule has 0 saturated carbocycles. The number of hydrogen-bond acceptors (Lipinski definition) is 10. The number of esters is 2. The fraction of sp³-hybridized carbons (Fsp3) is 0.357. The fourth-order valence-electron chi connectivity index (χ4n) is 5.10. The van der Waals surface area contributed by atoms with Gasteiger partial charge in [0.25, 0.3) is 0 Å². The van der Waals surface area contributed by atoms with Gasteiger partial charge in [0.05, 0.1) is 18.8 Å². The van der Waals surface area contributed by atoms with Crippen molar-refractivity contribution in [2.75, 3.05) is 18.5 Å². The van der Waals surface area contributed by atoms with Gasteiger partial charge in [0.15, 0.2) is 5.82 Å². The number of ether oxygens (including phenoxy) is 4. The molecule has 0 spiro atoms. The van der Waals surface area contributed by atoms with E-state index in [1.165, 1.54) is 0 Å². The van der Waals surface area contributed by atoms with Crippen LogP contribution in [0.3, 0.4) is 0 Å². The molecule has 1 amide bonds. The molecule has 0 aliphatic carbocycles. The molecular formula is C42H50N4O7. The van der Waals surface area contributed by atoms with E-state index in [-0.39, 0.29) is 13.0 Å². The van der Waals surface area contributed by atoms with E-state index >= 15 is 0 Å². The van der Waals surface area contributed by atoms with E-state index < -0.39 is 35.3 Å². The van der Waals surface area contributed by atoms with Crippen LogP contribution in [-0.2, 0) is 31.8 Å². The zero-order chi connectivity index (χ0) is 38.6. The van der Waals surface area contributed by atoms with Gasteiger partial charge in [-0.05, 0) is 96.8 Å². The Bertz CT molecular complexity index is 1850. The maximum atomic E-state index is 12.9. The van der Waals surface area contributed by atoms with Crippen LogP contribution in [0.4, 0.5) is 16.3 Å². The Balaban J connectivity index is 1.26. The third-order valence-electron chi connectivity index (χ3n) is 7.51. The summed E-state index contributed by atoms with van der Waals surface area (Å²) in [6.45, 7) is 16.9. The molecule has 4 aromatic rings. The van der Waals surface area contributed by atoms with Crippen LogP contribution in [-0.4, -0.2) is 58.5 Å². The molecule has 0 aliphatic heterocycles. The Morgan fingerprint density at radius 1 is 0.830 bits per heavy atom. The monoisotopic (exact) mass is 722 g/mol. The van der Waals surface area contributed by atoms with Crippen LogP contribution in [0.5, 0.6) is 5.75 Å². The van der Waals surface area contributed by atoms with Crippen molar-refractivity contribution in [3.05, 3.63) is 114 Å². The molecule has 1 aromatic heterocycles. The van der Waals surface area contributed by atoms with Gasteiger partial charge in [-0.15, -0.1) is 6.58 Å². The molecule has 3 aromatic carbocycles. The Hall–Kier alpha value is -5.71. The van der Waals surface area contributed by atoms with Crippen LogP contribution < -0.4 is 15.4 Å². The van der Waals surface area contributed by atoms with Gasteiger partial charge < -0.3 is 29.6 Å². The molecule has 0 fully saturated rings. The average molecular weight is 723 g/mol. The van der Waals surface area contributed by atoms with E-state index in [4.69, 9.17) is 28.9 Å². The molecule has 1 atom stereocenters. The Labute approximate surface area is 312 Å². The lowest BCUT2D eigenvalue weighted by molar-refractivity contribution is -0.157. The number of carbonyl (C=O) groups excluding carboxylic acids is 3. The summed E-state index contributed by atoms with van der Waals surface area (Å²) in [5.74, 6) is 0.929. The molecule has 0 unspecified atom stereocenters. The van der Waals surface area contributed by atoms with Crippen molar-refractivity contribution in [1.29, 1.82) is 0 Å². The molecule has 1 heterocycles. The summed E-state index contributed by atoms with van der Waals surface area (Å²) in [5, 5.41) is 6.02. The third-order valence-corrected chi connectivity index (χ3v) is 7.51. The van der Waals surface area contributed by atoms with Crippen molar-refractivity contribution >= 4 is 29.5 Å². The number of aryl methyl sites for hydroxylation is 1. The first-order valence-corrected chi connectivity index (χ1v) is 17.6. The van der Waals surface area contributed by atoms with Crippen molar-refractivity contribution in [3.8, 4) is 17.1 Å². The Kier molecular flexibility index (Phi) is 13.7. The zero-order valence-corrected chi connectivity index (χ0v) is 31.7. The lowest BCUT2D eigenvalue weighted by Gasteiger charge is -2.26. The fourth-order valence-corrected chi connectivity index (χ4v) is 5.10. The largest absolute Gasteiger partial charge is 0.493 e. The predicted molar refractivity (Wildman–Crippen MR) is 205 cm³/mol. The predicted octanol–water partition coefficient (Wildman–Crippen LogP) is 8.33. The molecular weight excluding hydrogens is 672 g/mol. The number of anilines is 2. The summed E-state index contributed by atoms with van der Waals surface area (Å²) in [6.07, 6.45) is 2.41. The summed E-state index contributed by atoms with van der Waals surface area (Å²) < 4.78 is 22.2. The highest BCUT2D eigenvalue weighted by Crippen LogP contribution is 2.26. The number of hydrogen-bond donors (Lipinski definition) is 2. The number of aromatic nitrogens is 2. The standard InChI is InChI=1S/C42H50N4O7/c1-9-14-34-28(2)43-36(30-15-11-10-12-16-30)46-37(34)44-32-21-19-31(20-22-32)38(47)51-26-13-25-50-33-23-17-29(18-24-33)27-35(39(48)52-41(3,4)5)45-40(49)53-42(6,7)8/h9-12,15-24,35H,1,13-14,25-27H2,2-8H3,(H,45,49)(H,43,44,46)/t35-/m0/s1. The Morgan fingerprint density at radius 3 is 2.11 bits per heavy atom. The molecule has 0 bridgehead atoms. The first-order valence-electron chi connectivity index (χ1n) is 17.6. The van der Waals surface area contributed by atoms with Gasteiger partial charge >= 0.3 is 18.0 Å². The quantitative estimate of drug-likeness (QED) is 0.0533. The summed E-state index contributed by atoms with van der Waals surface area (Å²) in [5.41, 5.74) is 3.27. The lowest BCUT2D eigenvalue weighted by atomic mass is 10.1. The molecule has 0 radical (unpaired) electrons. The normalized spacial score (nSPS) is 11.9. The van der Waals surface area contributed by atoms with Gasteiger partial charge in [-0.3, -0.25) is 0 Å². The van der Waals surface area contributed by atoms with Gasteiger partial charge in [0, 0.05) is 35.3 Å². The topological polar surface area (TPSA) is 138 Å². The number of carbonyl (C=O) groups is 3. The SMILES string of the molecule is C=CCc1c(C)nc(-c2ccccc2)nc1Nc1ccc(C(=O)OCCCOc2ccc(C[C@H](NC(=O)OC(C)(C)C)C(=O)OC(C)(C)C)cc2)cc1. The number of nitrogens with one attached hydrogen (secondary N) is 2. The van der Waals surface area contributed by atoms with E-state index in [1.807, 2.05) is 67.6 Å². The minimum absolute atomic E-state index is 0.179. The molecule has 4 rings (SSSR count). The molecule has 11 heteroatoms. The lowest BCUT2D eigenvalue weighted by Crippen LogP contribution is -2.47. The average Bonchev–Trinajstić information content (AvgIpc) is 3.09. The van der Waals surface area contributed by atoms with Gasteiger partial charge in [0.2, 0.25) is 0 Å². The summed E-state index contributed by atoms with van der Waals surface area (Å²) in [6, 6.07) is 23.1. The second-order valence-electron chi connectivity index (χ2n) is 14.4. The number of benzene rings is 3. The van der Waals surface area contributed by atoms with Crippen molar-refractivity contribution in [2.24, 2.45) is 0 Å². The van der Waals surface area contributed by atoms with Crippen molar-refractivity contribution < 1.29 is 33.3 Å². The summed E-state index contributed by atoms with van der Waals surface area (Å²) in [7, 11) is 0. The number of rotatable bonds is 15. The highest BCUT2D eigenvalue weighted by molar-refractivity contribution is 5.90. The van der Waals surface area contributed by atoms with Gasteiger partial charge in [-0.1, -0.05) is 48.5 Å². The first-order chi connectivity index (χ1) is 25.1. The zero-order valence-electron chi connectivity index (χ0n) is 31.7. The molecule has 53 heavy (non-hydrogen) atoms. The molecule has 2 N–H and O–H groups in total. The van der Waals surface area contributed by atoms with Gasteiger partial charge in [-0.25, -0.2) is 24.4 Å². The van der Waals surface area contributed by atoms with E-state index in [2.05, 4.69) is 17.2 Å². The van der Waals surface area contributed by atoms with E-state index in [1.54, 1.807) is 65.8 Å². The summed E-state index contributed by atoms with van der Waals surface area (Å²) >= 11 is 0. The van der Waals surface area contributed by atoms with Crippen LogP contribution in [0.15, 0.2) is 91.5 Å². The number of amides is 1. The van der Waals surface area contributed by atoms with Crippen molar-refractivity contribution in [2.45, 2.75) is 85.0 Å². The maximum Gasteiger partial charge on any atom is 0.408 e. The van der Waals surface area contributed by atoms with E-state index in [0.29, 0.717) is 42.4 Å². The second kappa shape index (κ2) is 18.2. The summed E-state index contributed by atoms with van der Waals surface area (Å²) in [4.78, 5) is 47.6. The van der Waals surface area contributed by atoms with Crippen molar-refractivity contribution in [1.82, 2.24) is 15.3 Å². The molecule has 280 valence electrons. The van der Waals surface area contributed by atoms with E-state index in [9.17, 15) is 14.4 Å². The number of allylic oxidation sites excluding steroid dienone is 1. The van der Waals surface area contributed by atoms with Crippen LogP contribution >= 0.6 is 0 Å². The number of nitrogens with zero attached hydrogens (tertiary/aromatic N) is 2. The molecule has 11 nitrogen and oxygen atoms in total. The van der Waals surface area contributed by atoms with Crippen molar-refractivity contribution in [3.63, 3.8) is 0 Å². The molecule has 0 saturated heterocycles. The van der Waals surface area contributed by atoms with Crippen LogP contribution in [0.2, 0.25) is 0 Å². The third kappa shape index (κ3) is 13.1. The highest BCUT2D eigenvalue weighted by Gasteiger charge is 2.29. The van der Waals surface area contributed by atoms with E-state index in [0.717, 1.165) is 28.1 Å². The smallest absolute Gasteiger partial charge is 0.408 e. The maximum absolute atomic E-state index is 12.9. The number of alkyl carbamates (subject to hydrolysis) is 1. The minimum atomic E-state index is -0.941. The van der Waals surface area contributed by atoms with Gasteiger partial charge in [-0.2, -0.15) is 0 Å². The Morgan fingerprint density at radius 2 is 1.49 bits per heavy atom. The van der Waals surface area contributed by atoms with Crippen LogP contribution in [0, 0.1) is 6.92 Å². The first kappa shape index (κ1) is 40.1. The van der Waals surface area contributed by atoms with Crippen LogP contribution in [0.25, 0.3) is 11.4 Å². The minimum Gasteiger partial charge on any atom is -0.493 e. The highest BCUT2D eigenvalue weighted by atomic mass is 16.6. The van der Waals surface area contributed by atoms with Crippen LogP contribution in [0.1, 0.15) is 75.1 Å². The van der Waals surface area contributed by atoms with Gasteiger partial charge in [0.1, 0.15) is 28.8 Å². The molecule has 0 aliphatic rings. The second-order valence-corrected chi connectivity index (χ2v) is 14.4.